The highest BCUT2D eigenvalue weighted by Gasteiger charge is 2.16. The minimum absolute atomic E-state index is 0.128. The third-order valence-electron chi connectivity index (χ3n) is 1.88. The van der Waals surface area contributed by atoms with Crippen molar-refractivity contribution in [3.8, 4) is 6.07 Å². The molecule has 1 amide bonds. The maximum atomic E-state index is 11.9. The van der Waals surface area contributed by atoms with Crippen molar-refractivity contribution >= 4 is 17.2 Å². The number of nitriles is 1. The zero-order chi connectivity index (χ0) is 11.3. The van der Waals surface area contributed by atoms with Crippen LogP contribution in [0.1, 0.15) is 28.8 Å². The molecule has 80 valence electrons. The number of aromatic nitrogens is 1. The van der Waals surface area contributed by atoms with Crippen LogP contribution < -0.4 is 0 Å². The standard InChI is InChI=1S/C10H13N3OS/c1-3-5-13(6-4-11)10(14)9-7-15-8(2)12-9/h7H,3,5-6H2,1-2H3. The molecule has 0 N–H and O–H groups in total. The Labute approximate surface area is 93.2 Å². The Morgan fingerprint density at radius 1 is 1.73 bits per heavy atom. The summed E-state index contributed by atoms with van der Waals surface area (Å²) < 4.78 is 0. The summed E-state index contributed by atoms with van der Waals surface area (Å²) in [4.78, 5) is 17.5. The minimum Gasteiger partial charge on any atom is -0.324 e. The van der Waals surface area contributed by atoms with E-state index in [1.807, 2.05) is 19.9 Å². The Kier molecular flexibility index (Phi) is 4.25. The predicted molar refractivity (Wildman–Crippen MR) is 58.7 cm³/mol. The summed E-state index contributed by atoms with van der Waals surface area (Å²) in [7, 11) is 0. The zero-order valence-corrected chi connectivity index (χ0v) is 9.67. The van der Waals surface area contributed by atoms with Crippen LogP contribution in [0.5, 0.6) is 0 Å². The van der Waals surface area contributed by atoms with Crippen molar-refractivity contribution in [1.29, 1.82) is 5.26 Å². The fourth-order valence-corrected chi connectivity index (χ4v) is 1.82. The molecule has 1 aromatic heterocycles. The Hall–Kier alpha value is -1.41. The van der Waals surface area contributed by atoms with Gasteiger partial charge in [0.05, 0.1) is 11.1 Å². The molecule has 0 bridgehead atoms. The summed E-state index contributed by atoms with van der Waals surface area (Å²) in [5.74, 6) is -0.150. The molecule has 15 heavy (non-hydrogen) atoms. The Bertz CT molecular complexity index is 380. The lowest BCUT2D eigenvalue weighted by molar-refractivity contribution is 0.0771. The summed E-state index contributed by atoms with van der Waals surface area (Å²) >= 11 is 1.44. The normalized spacial score (nSPS) is 9.67. The zero-order valence-electron chi connectivity index (χ0n) is 8.86. The molecule has 5 heteroatoms. The quantitative estimate of drug-likeness (QED) is 0.732. The van der Waals surface area contributed by atoms with E-state index in [0.717, 1.165) is 11.4 Å². The van der Waals surface area contributed by atoms with E-state index in [-0.39, 0.29) is 12.5 Å². The Morgan fingerprint density at radius 3 is 2.93 bits per heavy atom. The van der Waals surface area contributed by atoms with Crippen molar-refractivity contribution in [3.05, 3.63) is 16.1 Å². The fourth-order valence-electron chi connectivity index (χ4n) is 1.23. The van der Waals surface area contributed by atoms with Crippen molar-refractivity contribution in [2.24, 2.45) is 0 Å². The van der Waals surface area contributed by atoms with E-state index in [4.69, 9.17) is 5.26 Å². The maximum Gasteiger partial charge on any atom is 0.274 e. The van der Waals surface area contributed by atoms with Gasteiger partial charge in [0.1, 0.15) is 12.2 Å². The molecule has 0 atom stereocenters. The van der Waals surface area contributed by atoms with Crippen LogP contribution in [-0.4, -0.2) is 28.9 Å². The highest BCUT2D eigenvalue weighted by Crippen LogP contribution is 2.10. The van der Waals surface area contributed by atoms with E-state index in [2.05, 4.69) is 4.98 Å². The third kappa shape index (κ3) is 3.03. The number of amides is 1. The number of carbonyl (C=O) groups is 1. The second-order valence-corrected chi connectivity index (χ2v) is 4.20. The lowest BCUT2D eigenvalue weighted by atomic mass is 10.3. The number of thiazole rings is 1. The third-order valence-corrected chi connectivity index (χ3v) is 2.65. The van der Waals surface area contributed by atoms with Crippen LogP contribution in [0.4, 0.5) is 0 Å². The van der Waals surface area contributed by atoms with Crippen LogP contribution >= 0.6 is 11.3 Å². The molecule has 1 heterocycles. The van der Waals surface area contributed by atoms with Crippen LogP contribution in [0.2, 0.25) is 0 Å². The highest BCUT2D eigenvalue weighted by molar-refractivity contribution is 7.09. The van der Waals surface area contributed by atoms with Crippen molar-refractivity contribution in [3.63, 3.8) is 0 Å². The van der Waals surface area contributed by atoms with E-state index in [1.165, 1.54) is 16.2 Å². The first-order valence-corrected chi connectivity index (χ1v) is 5.65. The Morgan fingerprint density at radius 2 is 2.47 bits per heavy atom. The van der Waals surface area contributed by atoms with Gasteiger partial charge in [0.2, 0.25) is 0 Å². The first-order valence-electron chi connectivity index (χ1n) is 4.77. The summed E-state index contributed by atoms with van der Waals surface area (Å²) in [5, 5.41) is 11.2. The number of hydrogen-bond acceptors (Lipinski definition) is 4. The van der Waals surface area contributed by atoms with Crippen LogP contribution in [0.3, 0.4) is 0 Å². The molecule has 0 spiro atoms. The summed E-state index contributed by atoms with van der Waals surface area (Å²) in [5.41, 5.74) is 0.446. The highest BCUT2D eigenvalue weighted by atomic mass is 32.1. The monoisotopic (exact) mass is 223 g/mol. The number of aryl methyl sites for hydroxylation is 1. The van der Waals surface area contributed by atoms with Gasteiger partial charge in [-0.2, -0.15) is 5.26 Å². The molecule has 0 saturated heterocycles. The van der Waals surface area contributed by atoms with Gasteiger partial charge in [-0.15, -0.1) is 11.3 Å². The molecular weight excluding hydrogens is 210 g/mol. The topological polar surface area (TPSA) is 57.0 Å². The lowest BCUT2D eigenvalue weighted by Crippen LogP contribution is -2.32. The maximum absolute atomic E-state index is 11.9. The molecule has 0 aliphatic rings. The van der Waals surface area contributed by atoms with Gasteiger partial charge in [0.25, 0.3) is 5.91 Å². The first-order chi connectivity index (χ1) is 7.19. The fraction of sp³-hybridized carbons (Fsp3) is 0.500. The summed E-state index contributed by atoms with van der Waals surface area (Å²) in [6.45, 7) is 4.56. The smallest absolute Gasteiger partial charge is 0.274 e. The molecule has 4 nitrogen and oxygen atoms in total. The van der Waals surface area contributed by atoms with Crippen LogP contribution in [0.25, 0.3) is 0 Å². The predicted octanol–water partition coefficient (Wildman–Crippen LogP) is 1.83. The molecule has 0 saturated carbocycles. The van der Waals surface area contributed by atoms with E-state index < -0.39 is 0 Å². The van der Waals surface area contributed by atoms with Gasteiger partial charge in [0.15, 0.2) is 0 Å². The van der Waals surface area contributed by atoms with Crippen LogP contribution in [0.15, 0.2) is 5.38 Å². The van der Waals surface area contributed by atoms with Gasteiger partial charge < -0.3 is 4.90 Å². The van der Waals surface area contributed by atoms with Crippen molar-refractivity contribution in [1.82, 2.24) is 9.88 Å². The van der Waals surface area contributed by atoms with Gasteiger partial charge in [-0.05, 0) is 13.3 Å². The van der Waals surface area contributed by atoms with Crippen molar-refractivity contribution in [2.75, 3.05) is 13.1 Å². The molecule has 0 aliphatic heterocycles. The molecule has 1 rings (SSSR count). The largest absolute Gasteiger partial charge is 0.324 e. The molecule has 1 aromatic rings. The molecule has 0 aromatic carbocycles. The minimum atomic E-state index is -0.150. The van der Waals surface area contributed by atoms with E-state index in [9.17, 15) is 4.79 Å². The molecule has 0 unspecified atom stereocenters. The number of nitrogens with zero attached hydrogens (tertiary/aromatic N) is 3. The molecular formula is C10H13N3OS. The molecule has 0 radical (unpaired) electrons. The number of rotatable bonds is 4. The average molecular weight is 223 g/mol. The van der Waals surface area contributed by atoms with Gasteiger partial charge >= 0.3 is 0 Å². The van der Waals surface area contributed by atoms with E-state index >= 15 is 0 Å². The van der Waals surface area contributed by atoms with Gasteiger partial charge in [-0.3, -0.25) is 4.79 Å². The van der Waals surface area contributed by atoms with Crippen LogP contribution in [-0.2, 0) is 0 Å². The Balaban J connectivity index is 2.76. The number of hydrogen-bond donors (Lipinski definition) is 0. The summed E-state index contributed by atoms with van der Waals surface area (Å²) in [6, 6.07) is 1.99. The SMILES string of the molecule is CCCN(CC#N)C(=O)c1csc(C)n1. The summed E-state index contributed by atoms with van der Waals surface area (Å²) in [6.07, 6.45) is 0.844. The van der Waals surface area contributed by atoms with Crippen molar-refractivity contribution in [2.45, 2.75) is 20.3 Å². The average Bonchev–Trinajstić information content (AvgIpc) is 2.63. The number of carbonyl (C=O) groups excluding carboxylic acids is 1. The van der Waals surface area contributed by atoms with Gasteiger partial charge in [-0.1, -0.05) is 6.92 Å². The molecule has 0 fully saturated rings. The van der Waals surface area contributed by atoms with E-state index in [0.29, 0.717) is 12.2 Å². The second kappa shape index (κ2) is 5.47. The van der Waals surface area contributed by atoms with Gasteiger partial charge in [-0.25, -0.2) is 4.98 Å². The second-order valence-electron chi connectivity index (χ2n) is 3.14. The lowest BCUT2D eigenvalue weighted by Gasteiger charge is -2.16. The van der Waals surface area contributed by atoms with E-state index in [1.54, 1.807) is 5.38 Å². The van der Waals surface area contributed by atoms with Crippen molar-refractivity contribution < 1.29 is 4.79 Å². The van der Waals surface area contributed by atoms with Gasteiger partial charge in [0, 0.05) is 11.9 Å². The van der Waals surface area contributed by atoms with Crippen LogP contribution in [0, 0.1) is 18.3 Å². The molecule has 0 aliphatic carbocycles. The first kappa shape index (κ1) is 11.7.